The molecule has 28 heavy (non-hydrogen) atoms. The summed E-state index contributed by atoms with van der Waals surface area (Å²) in [5.74, 6) is 0.168. The van der Waals surface area contributed by atoms with E-state index in [1.165, 1.54) is 12.5 Å². The summed E-state index contributed by atoms with van der Waals surface area (Å²) in [5.41, 5.74) is 0.551. The van der Waals surface area contributed by atoms with E-state index >= 15 is 0 Å². The number of nitrogens with one attached hydrogen (secondary N) is 1. The zero-order chi connectivity index (χ0) is 19.6. The van der Waals surface area contributed by atoms with Crippen LogP contribution in [0.3, 0.4) is 0 Å². The Hall–Kier alpha value is -2.64. The minimum Gasteiger partial charge on any atom is -0.472 e. The molecule has 3 aromatic rings. The molecule has 0 aliphatic carbocycles. The summed E-state index contributed by atoms with van der Waals surface area (Å²) in [5, 5.41) is 1.62. The molecule has 2 heterocycles. The maximum atomic E-state index is 12.8. The van der Waals surface area contributed by atoms with Crippen LogP contribution in [0.5, 0.6) is 0 Å². The largest absolute Gasteiger partial charge is 0.472 e. The van der Waals surface area contributed by atoms with Crippen molar-refractivity contribution in [2.24, 2.45) is 5.92 Å². The number of hydrogen-bond donors (Lipinski definition) is 1. The van der Waals surface area contributed by atoms with E-state index in [9.17, 15) is 13.2 Å². The van der Waals surface area contributed by atoms with Crippen molar-refractivity contribution in [2.45, 2.75) is 17.7 Å². The molecule has 1 fully saturated rings. The lowest BCUT2D eigenvalue weighted by atomic mass is 9.97. The lowest BCUT2D eigenvalue weighted by Crippen LogP contribution is -2.41. The van der Waals surface area contributed by atoms with Gasteiger partial charge in [-0.1, -0.05) is 36.4 Å². The first kappa shape index (κ1) is 18.7. The van der Waals surface area contributed by atoms with Gasteiger partial charge in [0.15, 0.2) is 0 Å². The topological polar surface area (TPSA) is 79.6 Å². The molecule has 0 spiro atoms. The molecule has 0 unspecified atom stereocenters. The van der Waals surface area contributed by atoms with E-state index in [4.69, 9.17) is 4.42 Å². The fraction of sp³-hybridized carbons (Fsp3) is 0.286. The molecule has 1 saturated heterocycles. The van der Waals surface area contributed by atoms with Gasteiger partial charge in [-0.15, -0.1) is 0 Å². The SMILES string of the molecule is O=C(c1ccoc1)N1CCC(CNS(=O)(=O)c2cccc3ccccc23)CC1. The number of rotatable bonds is 5. The normalized spacial score (nSPS) is 15.8. The number of nitrogens with zero attached hydrogens (tertiary/aromatic N) is 1. The summed E-state index contributed by atoms with van der Waals surface area (Å²) in [6.45, 7) is 1.61. The van der Waals surface area contributed by atoms with Crippen molar-refractivity contribution >= 4 is 26.7 Å². The maximum Gasteiger partial charge on any atom is 0.257 e. The monoisotopic (exact) mass is 398 g/mol. The molecule has 0 atom stereocenters. The highest BCUT2D eigenvalue weighted by molar-refractivity contribution is 7.89. The third-order valence-corrected chi connectivity index (χ3v) is 6.75. The van der Waals surface area contributed by atoms with Crippen LogP contribution in [0.2, 0.25) is 0 Å². The minimum absolute atomic E-state index is 0.0384. The third kappa shape index (κ3) is 3.81. The summed E-state index contributed by atoms with van der Waals surface area (Å²) in [4.78, 5) is 14.4. The highest BCUT2D eigenvalue weighted by Gasteiger charge is 2.26. The van der Waals surface area contributed by atoms with Gasteiger partial charge in [-0.3, -0.25) is 4.79 Å². The molecule has 4 rings (SSSR count). The van der Waals surface area contributed by atoms with Gasteiger partial charge in [-0.25, -0.2) is 13.1 Å². The van der Waals surface area contributed by atoms with Gasteiger partial charge >= 0.3 is 0 Å². The van der Waals surface area contributed by atoms with Crippen LogP contribution in [0.25, 0.3) is 10.8 Å². The Morgan fingerprint density at radius 3 is 2.57 bits per heavy atom. The van der Waals surface area contributed by atoms with Crippen molar-refractivity contribution in [1.29, 1.82) is 0 Å². The highest BCUT2D eigenvalue weighted by Crippen LogP contribution is 2.24. The molecule has 0 radical (unpaired) electrons. The average Bonchev–Trinajstić information content (AvgIpc) is 3.27. The summed E-state index contributed by atoms with van der Waals surface area (Å²) in [7, 11) is -3.59. The number of hydrogen-bond acceptors (Lipinski definition) is 4. The molecule has 7 heteroatoms. The molecular formula is C21H22N2O4S. The van der Waals surface area contributed by atoms with Crippen molar-refractivity contribution in [2.75, 3.05) is 19.6 Å². The molecular weight excluding hydrogens is 376 g/mol. The summed E-state index contributed by atoms with van der Waals surface area (Å²) < 4.78 is 33.4. The van der Waals surface area contributed by atoms with Crippen LogP contribution in [0.1, 0.15) is 23.2 Å². The van der Waals surface area contributed by atoms with Crippen LogP contribution in [0.15, 0.2) is 70.4 Å². The second-order valence-corrected chi connectivity index (χ2v) is 8.81. The van der Waals surface area contributed by atoms with Gasteiger partial charge in [0.1, 0.15) is 6.26 Å². The second kappa shape index (κ2) is 7.77. The van der Waals surface area contributed by atoms with Crippen LogP contribution in [-0.2, 0) is 10.0 Å². The van der Waals surface area contributed by atoms with E-state index < -0.39 is 10.0 Å². The van der Waals surface area contributed by atoms with E-state index in [1.807, 2.05) is 30.3 Å². The third-order valence-electron chi connectivity index (χ3n) is 5.27. The standard InChI is InChI=1S/C21H22N2O4S/c24-21(18-10-13-27-15-18)23-11-8-16(9-12-23)14-22-28(25,26)20-7-3-5-17-4-1-2-6-19(17)20/h1-7,10,13,15-16,22H,8-9,11-12,14H2. The van der Waals surface area contributed by atoms with Crippen LogP contribution in [-0.4, -0.2) is 38.9 Å². The van der Waals surface area contributed by atoms with Crippen LogP contribution < -0.4 is 4.72 Å². The van der Waals surface area contributed by atoms with Gasteiger partial charge in [-0.2, -0.15) is 0 Å². The molecule has 1 amide bonds. The molecule has 1 aromatic heterocycles. The zero-order valence-corrected chi connectivity index (χ0v) is 16.2. The van der Waals surface area contributed by atoms with Crippen molar-refractivity contribution < 1.29 is 17.6 Å². The lowest BCUT2D eigenvalue weighted by molar-refractivity contribution is 0.0691. The van der Waals surface area contributed by atoms with E-state index in [2.05, 4.69) is 4.72 Å². The van der Waals surface area contributed by atoms with E-state index in [0.717, 1.165) is 23.6 Å². The first-order valence-electron chi connectivity index (χ1n) is 9.33. The maximum absolute atomic E-state index is 12.8. The van der Waals surface area contributed by atoms with Crippen LogP contribution in [0.4, 0.5) is 0 Å². The number of sulfonamides is 1. The number of carbonyl (C=O) groups is 1. The fourth-order valence-corrected chi connectivity index (χ4v) is 4.99. The molecule has 146 valence electrons. The molecule has 0 saturated carbocycles. The predicted molar refractivity (Wildman–Crippen MR) is 106 cm³/mol. The quantitative estimate of drug-likeness (QED) is 0.715. The van der Waals surface area contributed by atoms with E-state index in [-0.39, 0.29) is 11.8 Å². The Kier molecular flexibility index (Phi) is 5.19. The number of amides is 1. The number of benzene rings is 2. The van der Waals surface area contributed by atoms with Gasteiger partial charge in [0, 0.05) is 25.0 Å². The summed E-state index contributed by atoms with van der Waals surface area (Å²) in [6.07, 6.45) is 4.47. The van der Waals surface area contributed by atoms with Crippen molar-refractivity contribution in [3.05, 3.63) is 66.6 Å². The van der Waals surface area contributed by atoms with Crippen molar-refractivity contribution in [3.8, 4) is 0 Å². The van der Waals surface area contributed by atoms with Gasteiger partial charge in [0.2, 0.25) is 10.0 Å². The van der Waals surface area contributed by atoms with Crippen LogP contribution >= 0.6 is 0 Å². The lowest BCUT2D eigenvalue weighted by Gasteiger charge is -2.31. The van der Waals surface area contributed by atoms with Crippen LogP contribution in [0, 0.1) is 5.92 Å². The van der Waals surface area contributed by atoms with Gasteiger partial charge < -0.3 is 9.32 Å². The first-order valence-corrected chi connectivity index (χ1v) is 10.8. The Labute approximate surface area is 164 Å². The van der Waals surface area contributed by atoms with E-state index in [1.54, 1.807) is 23.1 Å². The van der Waals surface area contributed by atoms with Crippen molar-refractivity contribution in [1.82, 2.24) is 9.62 Å². The first-order chi connectivity index (χ1) is 13.5. The molecule has 2 aromatic carbocycles. The number of piperidine rings is 1. The Morgan fingerprint density at radius 1 is 1.07 bits per heavy atom. The van der Waals surface area contributed by atoms with Crippen molar-refractivity contribution in [3.63, 3.8) is 0 Å². The second-order valence-electron chi connectivity index (χ2n) is 7.08. The number of carbonyl (C=O) groups excluding carboxylic acids is 1. The Balaban J connectivity index is 1.38. The van der Waals surface area contributed by atoms with Gasteiger partial charge in [0.05, 0.1) is 16.7 Å². The molecule has 1 aliphatic heterocycles. The van der Waals surface area contributed by atoms with Gasteiger partial charge in [0.25, 0.3) is 5.91 Å². The Morgan fingerprint density at radius 2 is 1.82 bits per heavy atom. The minimum atomic E-state index is -3.59. The molecule has 6 nitrogen and oxygen atoms in total. The molecule has 1 aliphatic rings. The zero-order valence-electron chi connectivity index (χ0n) is 15.4. The number of furan rings is 1. The smallest absolute Gasteiger partial charge is 0.257 e. The highest BCUT2D eigenvalue weighted by atomic mass is 32.2. The summed E-state index contributed by atoms with van der Waals surface area (Å²) in [6, 6.07) is 14.4. The average molecular weight is 398 g/mol. The molecule has 1 N–H and O–H groups in total. The number of likely N-dealkylation sites (tertiary alicyclic amines) is 1. The molecule has 0 bridgehead atoms. The summed E-state index contributed by atoms with van der Waals surface area (Å²) >= 11 is 0. The Bertz CT molecular complexity index is 1060. The predicted octanol–water partition coefficient (Wildman–Crippen LogP) is 3.26. The number of fused-ring (bicyclic) bond motifs is 1. The van der Waals surface area contributed by atoms with Gasteiger partial charge in [-0.05, 0) is 36.3 Å². The fourth-order valence-electron chi connectivity index (χ4n) is 3.64. The van der Waals surface area contributed by atoms with E-state index in [0.29, 0.717) is 30.1 Å².